The van der Waals surface area contributed by atoms with Gasteiger partial charge < -0.3 is 10.2 Å². The van der Waals surface area contributed by atoms with Gasteiger partial charge in [0.05, 0.1) is 5.41 Å². The minimum absolute atomic E-state index is 0.119. The third-order valence-corrected chi connectivity index (χ3v) is 6.36. The van der Waals surface area contributed by atoms with E-state index in [1.807, 2.05) is 11.9 Å². The summed E-state index contributed by atoms with van der Waals surface area (Å²) in [6, 6.07) is 0.119. The molecule has 0 radical (unpaired) electrons. The lowest BCUT2D eigenvalue weighted by molar-refractivity contribution is -0.153. The number of hydrogen-bond acceptors (Lipinski definition) is 2. The number of hydrogen-bond donors (Lipinski definition) is 1. The van der Waals surface area contributed by atoms with E-state index < -0.39 is 0 Å². The lowest BCUT2D eigenvalue weighted by Crippen LogP contribution is -2.60. The van der Waals surface area contributed by atoms with Crippen molar-refractivity contribution in [3.8, 4) is 0 Å². The van der Waals surface area contributed by atoms with E-state index in [9.17, 15) is 9.59 Å². The van der Waals surface area contributed by atoms with Crippen molar-refractivity contribution < 1.29 is 9.59 Å². The van der Waals surface area contributed by atoms with Gasteiger partial charge in [0.2, 0.25) is 11.8 Å². The second kappa shape index (κ2) is 6.59. The molecule has 0 unspecified atom stereocenters. The number of nitrogens with one attached hydrogen (secondary N) is 1. The van der Waals surface area contributed by atoms with Gasteiger partial charge in [-0.3, -0.25) is 9.59 Å². The normalized spacial score (nSPS) is 33.4. The molecule has 2 saturated carbocycles. The molecule has 2 atom stereocenters. The quantitative estimate of drug-likeness (QED) is 0.871. The van der Waals surface area contributed by atoms with Crippen LogP contribution >= 0.6 is 0 Å². The Bertz CT molecular complexity index is 431. The smallest absolute Gasteiger partial charge is 0.228 e. The molecular weight excluding hydrogens is 276 g/mol. The first-order valence-corrected chi connectivity index (χ1v) is 9.17. The van der Waals surface area contributed by atoms with Crippen LogP contribution in [0.4, 0.5) is 0 Å². The maximum absolute atomic E-state index is 13.0. The van der Waals surface area contributed by atoms with Crippen LogP contribution in [0.15, 0.2) is 0 Å². The summed E-state index contributed by atoms with van der Waals surface area (Å²) in [6.07, 6.45) is 12.0. The number of carbonyl (C=O) groups excluding carboxylic acids is 2. The first kappa shape index (κ1) is 15.8. The second-order valence-corrected chi connectivity index (χ2v) is 7.64. The van der Waals surface area contributed by atoms with E-state index in [1.165, 1.54) is 32.1 Å². The van der Waals surface area contributed by atoms with Crippen LogP contribution in [0, 0.1) is 11.3 Å². The molecule has 1 saturated heterocycles. The highest BCUT2D eigenvalue weighted by molar-refractivity contribution is 5.87. The lowest BCUT2D eigenvalue weighted by Gasteiger charge is -2.50. The SMILES string of the molecule is CN1C(=O)CC[C@]2(C(=O)NCC3CCCCC3)CCCC[C@@H]12. The summed E-state index contributed by atoms with van der Waals surface area (Å²) in [5, 5.41) is 3.27. The van der Waals surface area contributed by atoms with Crippen molar-refractivity contribution in [1.82, 2.24) is 10.2 Å². The van der Waals surface area contributed by atoms with E-state index in [4.69, 9.17) is 0 Å². The Kier molecular flexibility index (Phi) is 4.74. The van der Waals surface area contributed by atoms with Crippen molar-refractivity contribution >= 4 is 11.8 Å². The van der Waals surface area contributed by atoms with Gasteiger partial charge in [0, 0.05) is 26.1 Å². The van der Waals surface area contributed by atoms with E-state index in [0.717, 1.165) is 38.6 Å². The van der Waals surface area contributed by atoms with Crippen LogP contribution < -0.4 is 5.32 Å². The topological polar surface area (TPSA) is 49.4 Å². The highest BCUT2D eigenvalue weighted by Gasteiger charge is 2.52. The van der Waals surface area contributed by atoms with E-state index in [2.05, 4.69) is 5.32 Å². The fourth-order valence-electron chi connectivity index (χ4n) is 4.94. The molecule has 0 aromatic rings. The minimum atomic E-state index is -0.310. The zero-order valence-corrected chi connectivity index (χ0v) is 13.9. The number of nitrogens with zero attached hydrogens (tertiary/aromatic N) is 1. The van der Waals surface area contributed by atoms with Crippen molar-refractivity contribution in [1.29, 1.82) is 0 Å². The van der Waals surface area contributed by atoms with Crippen molar-refractivity contribution in [3.63, 3.8) is 0 Å². The number of likely N-dealkylation sites (tertiary alicyclic amines) is 1. The van der Waals surface area contributed by atoms with Crippen molar-refractivity contribution in [2.75, 3.05) is 13.6 Å². The molecular formula is C18H30N2O2. The fraction of sp³-hybridized carbons (Fsp3) is 0.889. The van der Waals surface area contributed by atoms with Gasteiger partial charge in [0.15, 0.2) is 0 Å². The lowest BCUT2D eigenvalue weighted by atomic mass is 9.64. The maximum atomic E-state index is 13.0. The van der Waals surface area contributed by atoms with Crippen molar-refractivity contribution in [2.45, 2.75) is 76.7 Å². The van der Waals surface area contributed by atoms with Crippen molar-refractivity contribution in [3.05, 3.63) is 0 Å². The molecule has 3 fully saturated rings. The summed E-state index contributed by atoms with van der Waals surface area (Å²) in [5.41, 5.74) is -0.310. The molecule has 22 heavy (non-hydrogen) atoms. The van der Waals surface area contributed by atoms with Gasteiger partial charge in [-0.25, -0.2) is 0 Å². The molecule has 2 aliphatic carbocycles. The number of amides is 2. The first-order valence-electron chi connectivity index (χ1n) is 9.17. The van der Waals surface area contributed by atoms with Gasteiger partial charge in [-0.05, 0) is 38.0 Å². The van der Waals surface area contributed by atoms with Gasteiger partial charge in [0.25, 0.3) is 0 Å². The van der Waals surface area contributed by atoms with E-state index in [0.29, 0.717) is 12.3 Å². The molecule has 0 aromatic heterocycles. The van der Waals surface area contributed by atoms with E-state index >= 15 is 0 Å². The maximum Gasteiger partial charge on any atom is 0.228 e. The van der Waals surface area contributed by atoms with E-state index in [1.54, 1.807) is 0 Å². The molecule has 4 heteroatoms. The van der Waals surface area contributed by atoms with Crippen LogP contribution in [0.1, 0.15) is 70.6 Å². The third-order valence-electron chi connectivity index (χ3n) is 6.36. The van der Waals surface area contributed by atoms with Crippen LogP contribution in [0.2, 0.25) is 0 Å². The molecule has 0 spiro atoms. The van der Waals surface area contributed by atoms with Gasteiger partial charge in [-0.2, -0.15) is 0 Å². The van der Waals surface area contributed by atoms with Gasteiger partial charge >= 0.3 is 0 Å². The molecule has 0 aromatic carbocycles. The van der Waals surface area contributed by atoms with Crippen LogP contribution in [0.25, 0.3) is 0 Å². The van der Waals surface area contributed by atoms with Crippen LogP contribution in [-0.4, -0.2) is 36.3 Å². The molecule has 3 aliphatic rings. The number of piperidine rings is 1. The number of fused-ring (bicyclic) bond motifs is 1. The zero-order valence-electron chi connectivity index (χ0n) is 13.9. The van der Waals surface area contributed by atoms with Gasteiger partial charge in [0.1, 0.15) is 0 Å². The Morgan fingerprint density at radius 3 is 2.64 bits per heavy atom. The second-order valence-electron chi connectivity index (χ2n) is 7.64. The Hall–Kier alpha value is -1.06. The van der Waals surface area contributed by atoms with Crippen LogP contribution in [-0.2, 0) is 9.59 Å². The summed E-state index contributed by atoms with van der Waals surface area (Å²) in [4.78, 5) is 26.9. The first-order chi connectivity index (χ1) is 10.6. The molecule has 1 aliphatic heterocycles. The van der Waals surface area contributed by atoms with Crippen molar-refractivity contribution in [2.24, 2.45) is 11.3 Å². The average molecular weight is 306 g/mol. The average Bonchev–Trinajstić information content (AvgIpc) is 2.57. The Morgan fingerprint density at radius 1 is 1.14 bits per heavy atom. The molecule has 1 heterocycles. The van der Waals surface area contributed by atoms with Gasteiger partial charge in [-0.1, -0.05) is 32.1 Å². The predicted octanol–water partition coefficient (Wildman–Crippen LogP) is 2.86. The summed E-state index contributed by atoms with van der Waals surface area (Å²) in [6.45, 7) is 0.838. The molecule has 3 rings (SSSR count). The summed E-state index contributed by atoms with van der Waals surface area (Å²) >= 11 is 0. The summed E-state index contributed by atoms with van der Waals surface area (Å²) < 4.78 is 0. The van der Waals surface area contributed by atoms with Crippen LogP contribution in [0.3, 0.4) is 0 Å². The Balaban J connectivity index is 1.66. The Labute approximate surface area is 134 Å². The highest BCUT2D eigenvalue weighted by atomic mass is 16.2. The third kappa shape index (κ3) is 2.89. The number of rotatable bonds is 3. The predicted molar refractivity (Wildman–Crippen MR) is 86.3 cm³/mol. The molecule has 2 amide bonds. The van der Waals surface area contributed by atoms with Gasteiger partial charge in [-0.15, -0.1) is 0 Å². The largest absolute Gasteiger partial charge is 0.355 e. The minimum Gasteiger partial charge on any atom is -0.355 e. The molecule has 4 nitrogen and oxygen atoms in total. The molecule has 0 bridgehead atoms. The molecule has 124 valence electrons. The van der Waals surface area contributed by atoms with E-state index in [-0.39, 0.29) is 23.3 Å². The molecule has 1 N–H and O–H groups in total. The monoisotopic (exact) mass is 306 g/mol. The highest BCUT2D eigenvalue weighted by Crippen LogP contribution is 2.46. The van der Waals surface area contributed by atoms with Crippen LogP contribution in [0.5, 0.6) is 0 Å². The Morgan fingerprint density at radius 2 is 1.86 bits per heavy atom. The summed E-state index contributed by atoms with van der Waals surface area (Å²) in [7, 11) is 1.89. The fourth-order valence-corrected chi connectivity index (χ4v) is 4.94. The zero-order chi connectivity index (χ0) is 15.6. The summed E-state index contributed by atoms with van der Waals surface area (Å²) in [5.74, 6) is 1.10. The number of carbonyl (C=O) groups is 2. The standard InChI is InChI=1S/C18H30N2O2/c1-20-15-9-5-6-11-18(15,12-10-16(20)21)17(22)19-13-14-7-3-2-4-8-14/h14-15H,2-13H2,1H3,(H,19,22)/t15-,18-/m1/s1.